The van der Waals surface area contributed by atoms with Crippen molar-refractivity contribution >= 4 is 0 Å². The molecule has 2 nitrogen and oxygen atoms in total. The highest BCUT2D eigenvalue weighted by Crippen LogP contribution is 2.19. The molecule has 1 aliphatic rings. The molecule has 1 aliphatic heterocycles. The molecule has 0 saturated carbocycles. The maximum Gasteiger partial charge on any atom is 0.0469 e. The van der Waals surface area contributed by atoms with Crippen LogP contribution in [0.15, 0.2) is 0 Å². The van der Waals surface area contributed by atoms with Gasteiger partial charge in [-0.2, -0.15) is 0 Å². The number of rotatable bonds is 6. The predicted octanol–water partition coefficient (Wildman–Crippen LogP) is 2.97. The number of hydrogen-bond donors (Lipinski definition) is 1. The monoisotopic (exact) mass is 213 g/mol. The minimum atomic E-state index is 0.658. The van der Waals surface area contributed by atoms with E-state index in [1.165, 1.54) is 32.1 Å². The summed E-state index contributed by atoms with van der Waals surface area (Å²) in [5.74, 6) is 0.824. The molecular formula is C13H27NO. The molecule has 0 aromatic carbocycles. The van der Waals surface area contributed by atoms with Gasteiger partial charge in [-0.1, -0.05) is 20.3 Å². The fourth-order valence-electron chi connectivity index (χ4n) is 2.48. The lowest BCUT2D eigenvalue weighted by atomic mass is 9.92. The van der Waals surface area contributed by atoms with Gasteiger partial charge in [0.15, 0.2) is 0 Å². The minimum absolute atomic E-state index is 0.658. The van der Waals surface area contributed by atoms with Crippen LogP contribution in [0.5, 0.6) is 0 Å². The standard InChI is InChI=1S/C13H27NO/c1-4-6-13(5-2)14-11(3)12-7-9-15-10-8-12/h11-14H,4-10H2,1-3H3. The van der Waals surface area contributed by atoms with Gasteiger partial charge in [0.05, 0.1) is 0 Å². The summed E-state index contributed by atoms with van der Waals surface area (Å²) in [5.41, 5.74) is 0. The normalized spacial score (nSPS) is 22.6. The van der Waals surface area contributed by atoms with E-state index in [2.05, 4.69) is 26.1 Å². The second kappa shape index (κ2) is 7.24. The Bertz CT molecular complexity index is 155. The first-order chi connectivity index (χ1) is 7.27. The molecule has 2 heteroatoms. The maximum atomic E-state index is 5.40. The van der Waals surface area contributed by atoms with Crippen molar-refractivity contribution in [2.45, 2.75) is 65.0 Å². The molecule has 1 N–H and O–H groups in total. The van der Waals surface area contributed by atoms with Crippen LogP contribution in [-0.4, -0.2) is 25.3 Å². The molecule has 0 aromatic heterocycles. The van der Waals surface area contributed by atoms with Crippen molar-refractivity contribution in [2.24, 2.45) is 5.92 Å². The van der Waals surface area contributed by atoms with Crippen LogP contribution in [0.3, 0.4) is 0 Å². The molecule has 15 heavy (non-hydrogen) atoms. The third-order valence-corrected chi connectivity index (χ3v) is 3.60. The zero-order valence-electron chi connectivity index (χ0n) is 10.6. The Balaban J connectivity index is 2.28. The van der Waals surface area contributed by atoms with Gasteiger partial charge >= 0.3 is 0 Å². The van der Waals surface area contributed by atoms with E-state index in [4.69, 9.17) is 4.74 Å². The van der Waals surface area contributed by atoms with E-state index in [-0.39, 0.29) is 0 Å². The highest BCUT2D eigenvalue weighted by atomic mass is 16.5. The van der Waals surface area contributed by atoms with E-state index in [9.17, 15) is 0 Å². The van der Waals surface area contributed by atoms with Gasteiger partial charge in [0, 0.05) is 25.3 Å². The van der Waals surface area contributed by atoms with Crippen LogP contribution in [0.2, 0.25) is 0 Å². The van der Waals surface area contributed by atoms with E-state index < -0.39 is 0 Å². The third kappa shape index (κ3) is 4.52. The van der Waals surface area contributed by atoms with E-state index >= 15 is 0 Å². The Kier molecular flexibility index (Phi) is 6.26. The van der Waals surface area contributed by atoms with E-state index in [1.54, 1.807) is 0 Å². The van der Waals surface area contributed by atoms with Gasteiger partial charge in [0.2, 0.25) is 0 Å². The summed E-state index contributed by atoms with van der Waals surface area (Å²) in [6.07, 6.45) is 6.31. The van der Waals surface area contributed by atoms with Gasteiger partial charge in [0.25, 0.3) is 0 Å². The fourth-order valence-corrected chi connectivity index (χ4v) is 2.48. The smallest absolute Gasteiger partial charge is 0.0469 e. The van der Waals surface area contributed by atoms with Crippen molar-refractivity contribution in [2.75, 3.05) is 13.2 Å². The van der Waals surface area contributed by atoms with Crippen LogP contribution in [0.1, 0.15) is 52.9 Å². The highest BCUT2D eigenvalue weighted by Gasteiger charge is 2.21. The second-order valence-corrected chi connectivity index (χ2v) is 4.80. The zero-order chi connectivity index (χ0) is 11.1. The van der Waals surface area contributed by atoms with Crippen molar-refractivity contribution in [3.8, 4) is 0 Å². The zero-order valence-corrected chi connectivity index (χ0v) is 10.6. The summed E-state index contributed by atoms with van der Waals surface area (Å²) < 4.78 is 5.40. The molecule has 2 atom stereocenters. The Morgan fingerprint density at radius 3 is 2.47 bits per heavy atom. The molecule has 0 radical (unpaired) electrons. The molecule has 1 heterocycles. The van der Waals surface area contributed by atoms with Crippen molar-refractivity contribution < 1.29 is 4.74 Å². The summed E-state index contributed by atoms with van der Waals surface area (Å²) in [6, 6.07) is 1.37. The minimum Gasteiger partial charge on any atom is -0.381 e. The first-order valence-electron chi connectivity index (χ1n) is 6.61. The number of nitrogens with one attached hydrogen (secondary N) is 1. The summed E-state index contributed by atoms with van der Waals surface area (Å²) in [7, 11) is 0. The van der Waals surface area contributed by atoms with Crippen LogP contribution in [0, 0.1) is 5.92 Å². The summed E-state index contributed by atoms with van der Waals surface area (Å²) in [6.45, 7) is 8.81. The SMILES string of the molecule is CCCC(CC)NC(C)C1CCOCC1. The summed E-state index contributed by atoms with van der Waals surface area (Å²) >= 11 is 0. The highest BCUT2D eigenvalue weighted by molar-refractivity contribution is 4.78. The Hall–Kier alpha value is -0.0800. The number of ether oxygens (including phenoxy) is 1. The molecule has 1 saturated heterocycles. The Morgan fingerprint density at radius 2 is 1.93 bits per heavy atom. The molecule has 0 aromatic rings. The lowest BCUT2D eigenvalue weighted by Crippen LogP contribution is -2.42. The van der Waals surface area contributed by atoms with E-state index in [0.29, 0.717) is 12.1 Å². The van der Waals surface area contributed by atoms with Crippen molar-refractivity contribution in [1.82, 2.24) is 5.32 Å². The van der Waals surface area contributed by atoms with Crippen molar-refractivity contribution in [3.63, 3.8) is 0 Å². The molecule has 90 valence electrons. The number of hydrogen-bond acceptors (Lipinski definition) is 2. The average Bonchev–Trinajstić information content (AvgIpc) is 2.29. The molecule has 0 aliphatic carbocycles. The summed E-state index contributed by atoms with van der Waals surface area (Å²) in [5, 5.41) is 3.78. The molecule has 0 spiro atoms. The lowest BCUT2D eigenvalue weighted by Gasteiger charge is -2.31. The average molecular weight is 213 g/mol. The van der Waals surface area contributed by atoms with Gasteiger partial charge in [-0.05, 0) is 38.5 Å². The van der Waals surface area contributed by atoms with Crippen LogP contribution < -0.4 is 5.32 Å². The topological polar surface area (TPSA) is 21.3 Å². The van der Waals surface area contributed by atoms with Crippen molar-refractivity contribution in [1.29, 1.82) is 0 Å². The molecule has 0 amide bonds. The molecule has 1 fully saturated rings. The van der Waals surface area contributed by atoms with E-state index in [1.807, 2.05) is 0 Å². The molecule has 1 rings (SSSR count). The Labute approximate surface area is 94.8 Å². The van der Waals surface area contributed by atoms with Gasteiger partial charge in [-0.15, -0.1) is 0 Å². The molecular weight excluding hydrogens is 186 g/mol. The second-order valence-electron chi connectivity index (χ2n) is 4.80. The quantitative estimate of drug-likeness (QED) is 0.732. The van der Waals surface area contributed by atoms with Crippen LogP contribution in [0.4, 0.5) is 0 Å². The largest absolute Gasteiger partial charge is 0.381 e. The van der Waals surface area contributed by atoms with E-state index in [0.717, 1.165) is 19.1 Å². The Morgan fingerprint density at radius 1 is 1.27 bits per heavy atom. The predicted molar refractivity (Wildman–Crippen MR) is 65.1 cm³/mol. The fraction of sp³-hybridized carbons (Fsp3) is 1.00. The molecule has 2 unspecified atom stereocenters. The van der Waals surface area contributed by atoms with Crippen LogP contribution in [0.25, 0.3) is 0 Å². The first-order valence-corrected chi connectivity index (χ1v) is 6.61. The van der Waals surface area contributed by atoms with Gasteiger partial charge < -0.3 is 10.1 Å². The van der Waals surface area contributed by atoms with Gasteiger partial charge in [-0.3, -0.25) is 0 Å². The van der Waals surface area contributed by atoms with Gasteiger partial charge in [-0.25, -0.2) is 0 Å². The third-order valence-electron chi connectivity index (χ3n) is 3.60. The van der Waals surface area contributed by atoms with Gasteiger partial charge in [0.1, 0.15) is 0 Å². The summed E-state index contributed by atoms with van der Waals surface area (Å²) in [4.78, 5) is 0. The lowest BCUT2D eigenvalue weighted by molar-refractivity contribution is 0.0541. The maximum absolute atomic E-state index is 5.40. The molecule has 0 bridgehead atoms. The van der Waals surface area contributed by atoms with Crippen LogP contribution in [-0.2, 0) is 4.74 Å². The van der Waals surface area contributed by atoms with Crippen LogP contribution >= 0.6 is 0 Å². The van der Waals surface area contributed by atoms with Crippen molar-refractivity contribution in [3.05, 3.63) is 0 Å². The first kappa shape index (κ1) is 13.0.